The Bertz CT molecular complexity index is 835. The molecule has 1 N–H and O–H groups in total. The van der Waals surface area contributed by atoms with E-state index in [1.807, 2.05) is 29.6 Å². The van der Waals surface area contributed by atoms with E-state index in [-0.39, 0.29) is 18.2 Å². The Hall–Kier alpha value is -2.67. The SMILES string of the molecule is CC(OC(=O)CCCNC(=O)c1ccsc1)C(=O)N1CCCc2ccccc21. The predicted octanol–water partition coefficient (Wildman–Crippen LogP) is 3.17. The summed E-state index contributed by atoms with van der Waals surface area (Å²) in [4.78, 5) is 38.3. The average molecular weight is 401 g/mol. The maximum Gasteiger partial charge on any atom is 0.306 e. The van der Waals surface area contributed by atoms with Crippen molar-refractivity contribution in [2.24, 2.45) is 0 Å². The first-order valence-electron chi connectivity index (χ1n) is 9.45. The number of aryl methyl sites for hydroxylation is 1. The summed E-state index contributed by atoms with van der Waals surface area (Å²) < 4.78 is 5.32. The average Bonchev–Trinajstić information content (AvgIpc) is 3.25. The van der Waals surface area contributed by atoms with E-state index in [4.69, 9.17) is 4.74 Å². The largest absolute Gasteiger partial charge is 0.453 e. The lowest BCUT2D eigenvalue weighted by atomic mass is 10.0. The smallest absolute Gasteiger partial charge is 0.306 e. The van der Waals surface area contributed by atoms with E-state index in [1.54, 1.807) is 23.3 Å². The molecule has 6 nitrogen and oxygen atoms in total. The van der Waals surface area contributed by atoms with Crippen LogP contribution < -0.4 is 10.2 Å². The molecule has 0 radical (unpaired) electrons. The topological polar surface area (TPSA) is 75.7 Å². The highest BCUT2D eigenvalue weighted by atomic mass is 32.1. The van der Waals surface area contributed by atoms with Crippen molar-refractivity contribution >= 4 is 34.8 Å². The number of nitrogens with one attached hydrogen (secondary N) is 1. The lowest BCUT2D eigenvalue weighted by molar-refractivity contribution is -0.154. The number of carbonyl (C=O) groups excluding carboxylic acids is 3. The summed E-state index contributed by atoms with van der Waals surface area (Å²) in [6.45, 7) is 2.62. The lowest BCUT2D eigenvalue weighted by Crippen LogP contribution is -2.42. The van der Waals surface area contributed by atoms with Gasteiger partial charge in [-0.25, -0.2) is 0 Å². The zero-order valence-electron chi connectivity index (χ0n) is 15.8. The van der Waals surface area contributed by atoms with Gasteiger partial charge in [-0.1, -0.05) is 18.2 Å². The summed E-state index contributed by atoms with van der Waals surface area (Å²) in [5.74, 6) is -0.788. The first kappa shape index (κ1) is 20.1. The second-order valence-corrected chi connectivity index (χ2v) is 7.51. The van der Waals surface area contributed by atoms with Crippen molar-refractivity contribution < 1.29 is 19.1 Å². The third kappa shape index (κ3) is 4.98. The second kappa shape index (κ2) is 9.50. The van der Waals surface area contributed by atoms with Gasteiger partial charge in [0.25, 0.3) is 11.8 Å². The van der Waals surface area contributed by atoms with Gasteiger partial charge < -0.3 is 15.0 Å². The van der Waals surface area contributed by atoms with Gasteiger partial charge in [0, 0.05) is 36.1 Å². The minimum Gasteiger partial charge on any atom is -0.453 e. The number of esters is 1. The Balaban J connectivity index is 1.43. The van der Waals surface area contributed by atoms with Crippen molar-refractivity contribution in [2.45, 2.75) is 38.7 Å². The van der Waals surface area contributed by atoms with Crippen molar-refractivity contribution in [1.29, 1.82) is 0 Å². The van der Waals surface area contributed by atoms with E-state index in [9.17, 15) is 14.4 Å². The van der Waals surface area contributed by atoms with Gasteiger partial charge in [-0.3, -0.25) is 14.4 Å². The molecule has 1 atom stereocenters. The highest BCUT2D eigenvalue weighted by Gasteiger charge is 2.28. The molecule has 1 aliphatic rings. The summed E-state index contributed by atoms with van der Waals surface area (Å²) in [5.41, 5.74) is 2.66. The molecule has 0 aliphatic carbocycles. The molecule has 2 aromatic rings. The van der Waals surface area contributed by atoms with Gasteiger partial charge in [0.05, 0.1) is 0 Å². The van der Waals surface area contributed by atoms with Crippen LogP contribution in [-0.4, -0.2) is 37.0 Å². The van der Waals surface area contributed by atoms with Crippen LogP contribution in [0.15, 0.2) is 41.1 Å². The van der Waals surface area contributed by atoms with Crippen LogP contribution in [-0.2, 0) is 20.7 Å². The molecule has 0 fully saturated rings. The third-order valence-electron chi connectivity index (χ3n) is 4.66. The summed E-state index contributed by atoms with van der Waals surface area (Å²) in [7, 11) is 0. The Morgan fingerprint density at radius 1 is 1.25 bits per heavy atom. The highest BCUT2D eigenvalue weighted by molar-refractivity contribution is 7.08. The number of amides is 2. The molecule has 28 heavy (non-hydrogen) atoms. The van der Waals surface area contributed by atoms with Gasteiger partial charge in [-0.05, 0) is 49.3 Å². The fourth-order valence-corrected chi connectivity index (χ4v) is 3.85. The van der Waals surface area contributed by atoms with Crippen molar-refractivity contribution in [3.63, 3.8) is 0 Å². The molecule has 2 amide bonds. The van der Waals surface area contributed by atoms with Crippen LogP contribution in [0.25, 0.3) is 0 Å². The number of ether oxygens (including phenoxy) is 1. The number of rotatable bonds is 7. The predicted molar refractivity (Wildman–Crippen MR) is 109 cm³/mol. The fraction of sp³-hybridized carbons (Fsp3) is 0.381. The molecular formula is C21H24N2O4S. The monoisotopic (exact) mass is 400 g/mol. The number of benzene rings is 1. The quantitative estimate of drug-likeness (QED) is 0.572. The van der Waals surface area contributed by atoms with Gasteiger partial charge in [-0.2, -0.15) is 11.3 Å². The maximum absolute atomic E-state index is 12.7. The standard InChI is InChI=1S/C21H24N2O4S/c1-15(21(26)23-12-5-7-16-6-2-3-8-18(16)23)27-19(24)9-4-11-22-20(25)17-10-13-28-14-17/h2-3,6,8,10,13-15H,4-5,7,9,11-12H2,1H3,(H,22,25). The van der Waals surface area contributed by atoms with E-state index in [2.05, 4.69) is 5.32 Å². The number of hydrogen-bond donors (Lipinski definition) is 1. The molecule has 3 rings (SSSR count). The Morgan fingerprint density at radius 2 is 2.07 bits per heavy atom. The molecule has 0 saturated carbocycles. The van der Waals surface area contributed by atoms with Crippen LogP contribution in [0.4, 0.5) is 5.69 Å². The lowest BCUT2D eigenvalue weighted by Gasteiger charge is -2.31. The molecule has 7 heteroatoms. The van der Waals surface area contributed by atoms with E-state index in [0.717, 1.165) is 24.1 Å². The number of para-hydroxylation sites is 1. The summed E-state index contributed by atoms with van der Waals surface area (Å²) in [6.07, 6.45) is 1.62. The van der Waals surface area contributed by atoms with Crippen LogP contribution in [0, 0.1) is 0 Å². The molecule has 0 bridgehead atoms. The van der Waals surface area contributed by atoms with Crippen LogP contribution in [0.5, 0.6) is 0 Å². The Kier molecular flexibility index (Phi) is 6.81. The first-order valence-corrected chi connectivity index (χ1v) is 10.4. The third-order valence-corrected chi connectivity index (χ3v) is 5.34. The molecule has 1 unspecified atom stereocenters. The van der Waals surface area contributed by atoms with E-state index in [0.29, 0.717) is 25.1 Å². The molecule has 0 spiro atoms. The molecule has 2 heterocycles. The molecule has 1 aromatic heterocycles. The number of thiophene rings is 1. The van der Waals surface area contributed by atoms with Crippen molar-refractivity contribution in [2.75, 3.05) is 18.0 Å². The number of carbonyl (C=O) groups is 3. The number of fused-ring (bicyclic) bond motifs is 1. The van der Waals surface area contributed by atoms with Gasteiger partial charge in [-0.15, -0.1) is 0 Å². The zero-order chi connectivity index (χ0) is 19.9. The fourth-order valence-electron chi connectivity index (χ4n) is 3.22. The van der Waals surface area contributed by atoms with Crippen LogP contribution in [0.3, 0.4) is 0 Å². The Labute approximate surface area is 168 Å². The van der Waals surface area contributed by atoms with Crippen molar-refractivity contribution in [1.82, 2.24) is 5.32 Å². The maximum atomic E-state index is 12.7. The number of nitrogens with zero attached hydrogens (tertiary/aromatic N) is 1. The van der Waals surface area contributed by atoms with E-state index < -0.39 is 12.1 Å². The van der Waals surface area contributed by atoms with Gasteiger partial charge in [0.1, 0.15) is 0 Å². The van der Waals surface area contributed by atoms with E-state index in [1.165, 1.54) is 11.3 Å². The Morgan fingerprint density at radius 3 is 2.86 bits per heavy atom. The second-order valence-electron chi connectivity index (χ2n) is 6.73. The number of anilines is 1. The van der Waals surface area contributed by atoms with Gasteiger partial charge in [0.2, 0.25) is 0 Å². The van der Waals surface area contributed by atoms with E-state index >= 15 is 0 Å². The molecule has 1 aliphatic heterocycles. The minimum atomic E-state index is -0.834. The highest BCUT2D eigenvalue weighted by Crippen LogP contribution is 2.27. The summed E-state index contributed by atoms with van der Waals surface area (Å²) in [5, 5.41) is 6.38. The van der Waals surface area contributed by atoms with Gasteiger partial charge >= 0.3 is 5.97 Å². The first-order chi connectivity index (χ1) is 13.6. The van der Waals surface area contributed by atoms with Crippen LogP contribution >= 0.6 is 11.3 Å². The van der Waals surface area contributed by atoms with Gasteiger partial charge in [0.15, 0.2) is 6.10 Å². The molecule has 148 valence electrons. The summed E-state index contributed by atoms with van der Waals surface area (Å²) in [6, 6.07) is 9.58. The van der Waals surface area contributed by atoms with Crippen LogP contribution in [0.2, 0.25) is 0 Å². The number of hydrogen-bond acceptors (Lipinski definition) is 5. The molecular weight excluding hydrogens is 376 g/mol. The molecule has 0 saturated heterocycles. The van der Waals surface area contributed by atoms with Crippen molar-refractivity contribution in [3.05, 3.63) is 52.2 Å². The molecule has 1 aromatic carbocycles. The zero-order valence-corrected chi connectivity index (χ0v) is 16.7. The summed E-state index contributed by atoms with van der Waals surface area (Å²) >= 11 is 1.46. The normalized spacial score (nSPS) is 14.1. The minimum absolute atomic E-state index is 0.151. The van der Waals surface area contributed by atoms with Crippen molar-refractivity contribution in [3.8, 4) is 0 Å². The van der Waals surface area contributed by atoms with Crippen LogP contribution in [0.1, 0.15) is 42.1 Å².